The summed E-state index contributed by atoms with van der Waals surface area (Å²) in [5, 5.41) is 7.57. The summed E-state index contributed by atoms with van der Waals surface area (Å²) in [7, 11) is 0. The average Bonchev–Trinajstić information content (AvgIpc) is 3.09. The molecule has 1 aliphatic carbocycles. The minimum absolute atomic E-state index is 0. The molecule has 3 rings (SSSR count). The van der Waals surface area contributed by atoms with Crippen LogP contribution in [0.15, 0.2) is 29.3 Å². The number of rotatable bonds is 3. The third kappa shape index (κ3) is 3.39. The van der Waals surface area contributed by atoms with Gasteiger partial charge in [-0.2, -0.15) is 0 Å². The zero-order valence-corrected chi connectivity index (χ0v) is 14.6. The molecule has 0 bridgehead atoms. The number of nitrogens with zero attached hydrogens (tertiary/aromatic N) is 1. The van der Waals surface area contributed by atoms with Crippen LogP contribution in [0.4, 0.5) is 0 Å². The van der Waals surface area contributed by atoms with Gasteiger partial charge in [-0.05, 0) is 30.5 Å². The number of benzene rings is 1. The lowest BCUT2D eigenvalue weighted by Crippen LogP contribution is -2.43. The van der Waals surface area contributed by atoms with Crippen LogP contribution < -0.4 is 10.6 Å². The first kappa shape index (κ1) is 15.9. The van der Waals surface area contributed by atoms with Crippen LogP contribution >= 0.6 is 35.6 Å². The second-order valence-corrected chi connectivity index (χ2v) is 5.94. The number of nitrogens with one attached hydrogen (secondary N) is 2. The molecule has 110 valence electrons. The third-order valence-electron chi connectivity index (χ3n) is 4.29. The number of halogens is 2. The topological polar surface area (TPSA) is 36.4 Å². The molecule has 0 radical (unpaired) electrons. The van der Waals surface area contributed by atoms with E-state index in [9.17, 15) is 0 Å². The first-order chi connectivity index (χ1) is 9.28. The van der Waals surface area contributed by atoms with Crippen LogP contribution in [0.2, 0.25) is 5.02 Å². The fourth-order valence-corrected chi connectivity index (χ4v) is 3.32. The van der Waals surface area contributed by atoms with E-state index in [4.69, 9.17) is 11.6 Å². The van der Waals surface area contributed by atoms with Crippen molar-refractivity contribution < 1.29 is 0 Å². The Labute approximate surface area is 142 Å². The summed E-state index contributed by atoms with van der Waals surface area (Å²) in [6.07, 6.45) is 5.11. The second kappa shape index (κ2) is 6.98. The highest BCUT2D eigenvalue weighted by Gasteiger charge is 2.35. The van der Waals surface area contributed by atoms with Crippen LogP contribution in [0.25, 0.3) is 0 Å². The Kier molecular flexibility index (Phi) is 5.55. The molecule has 1 aliphatic heterocycles. The molecule has 0 spiro atoms. The molecule has 1 heterocycles. The van der Waals surface area contributed by atoms with Crippen molar-refractivity contribution in [3.8, 4) is 0 Å². The zero-order valence-electron chi connectivity index (χ0n) is 11.5. The Morgan fingerprint density at radius 2 is 1.90 bits per heavy atom. The number of hydrogen-bond donors (Lipinski definition) is 2. The molecule has 0 aromatic heterocycles. The lowest BCUT2D eigenvalue weighted by molar-refractivity contribution is 0.433. The highest BCUT2D eigenvalue weighted by molar-refractivity contribution is 14.0. The van der Waals surface area contributed by atoms with Gasteiger partial charge in [-0.3, -0.25) is 4.99 Å². The minimum Gasteiger partial charge on any atom is -0.356 e. The van der Waals surface area contributed by atoms with E-state index in [2.05, 4.69) is 27.8 Å². The lowest BCUT2D eigenvalue weighted by atomic mass is 9.79. The molecule has 1 saturated carbocycles. The van der Waals surface area contributed by atoms with Gasteiger partial charge >= 0.3 is 0 Å². The average molecular weight is 406 g/mol. The van der Waals surface area contributed by atoms with Crippen molar-refractivity contribution in [2.24, 2.45) is 4.99 Å². The van der Waals surface area contributed by atoms with Gasteiger partial charge in [0.15, 0.2) is 5.96 Å². The van der Waals surface area contributed by atoms with Crippen molar-refractivity contribution in [2.45, 2.75) is 31.1 Å². The number of guanidine groups is 1. The molecule has 5 heteroatoms. The van der Waals surface area contributed by atoms with E-state index in [-0.39, 0.29) is 29.4 Å². The van der Waals surface area contributed by atoms with Crippen molar-refractivity contribution in [3.05, 3.63) is 34.9 Å². The van der Waals surface area contributed by atoms with Gasteiger partial charge in [0.25, 0.3) is 0 Å². The molecule has 1 aromatic carbocycles. The maximum absolute atomic E-state index is 6.00. The number of aliphatic imine (C=N–C) groups is 1. The van der Waals surface area contributed by atoms with E-state index in [1.807, 2.05) is 12.1 Å². The largest absolute Gasteiger partial charge is 0.356 e. The van der Waals surface area contributed by atoms with Crippen molar-refractivity contribution in [1.29, 1.82) is 0 Å². The Morgan fingerprint density at radius 1 is 1.20 bits per heavy atom. The predicted molar refractivity (Wildman–Crippen MR) is 95.3 cm³/mol. The van der Waals surface area contributed by atoms with E-state index >= 15 is 0 Å². The minimum atomic E-state index is 0. The van der Waals surface area contributed by atoms with Crippen LogP contribution in [0.3, 0.4) is 0 Å². The van der Waals surface area contributed by atoms with Crippen LogP contribution in [-0.2, 0) is 5.41 Å². The zero-order chi connectivity index (χ0) is 13.1. The summed E-state index contributed by atoms with van der Waals surface area (Å²) in [6.45, 7) is 2.80. The molecular formula is C15H21ClIN3. The molecule has 2 N–H and O–H groups in total. The van der Waals surface area contributed by atoms with Crippen LogP contribution in [0.5, 0.6) is 0 Å². The van der Waals surface area contributed by atoms with Crippen molar-refractivity contribution in [3.63, 3.8) is 0 Å². The monoisotopic (exact) mass is 405 g/mol. The summed E-state index contributed by atoms with van der Waals surface area (Å²) in [5.74, 6) is 0.959. The maximum Gasteiger partial charge on any atom is 0.191 e. The lowest BCUT2D eigenvalue weighted by Gasteiger charge is -2.30. The standard InChI is InChI=1S/C15H20ClN3.HI/c16-13-5-3-12(4-6-13)15(7-1-2-8-15)11-19-14-17-9-10-18-14;/h3-6H,1-2,7-11H2,(H2,17,18,19);1H. The Balaban J connectivity index is 0.00000147. The Morgan fingerprint density at radius 3 is 2.50 bits per heavy atom. The van der Waals surface area contributed by atoms with Gasteiger partial charge in [-0.1, -0.05) is 36.6 Å². The van der Waals surface area contributed by atoms with Gasteiger partial charge < -0.3 is 10.6 Å². The molecule has 20 heavy (non-hydrogen) atoms. The molecular weight excluding hydrogens is 385 g/mol. The van der Waals surface area contributed by atoms with Gasteiger partial charge in [-0.25, -0.2) is 0 Å². The molecule has 3 nitrogen and oxygen atoms in total. The fourth-order valence-electron chi connectivity index (χ4n) is 3.19. The van der Waals surface area contributed by atoms with E-state index in [1.54, 1.807) is 0 Å². The third-order valence-corrected chi connectivity index (χ3v) is 4.54. The van der Waals surface area contributed by atoms with Gasteiger partial charge in [-0.15, -0.1) is 24.0 Å². The number of hydrogen-bond acceptors (Lipinski definition) is 3. The smallest absolute Gasteiger partial charge is 0.191 e. The van der Waals surface area contributed by atoms with Crippen molar-refractivity contribution in [1.82, 2.24) is 10.6 Å². The SMILES string of the molecule is Clc1ccc(C2(CNC3=NCCN3)CCCC2)cc1.I. The summed E-state index contributed by atoms with van der Waals surface area (Å²) in [6, 6.07) is 8.36. The maximum atomic E-state index is 6.00. The van der Waals surface area contributed by atoms with E-state index in [0.717, 1.165) is 30.6 Å². The van der Waals surface area contributed by atoms with E-state index in [0.29, 0.717) is 0 Å². The molecule has 1 fully saturated rings. The molecule has 0 saturated heterocycles. The Bertz CT molecular complexity index is 467. The second-order valence-electron chi connectivity index (χ2n) is 5.50. The van der Waals surface area contributed by atoms with Gasteiger partial charge in [0, 0.05) is 23.5 Å². The summed E-state index contributed by atoms with van der Waals surface area (Å²) >= 11 is 6.00. The normalized spacial score (nSPS) is 19.9. The molecule has 1 aromatic rings. The van der Waals surface area contributed by atoms with Crippen molar-refractivity contribution in [2.75, 3.05) is 19.6 Å². The molecule has 0 amide bonds. The molecule has 0 atom stereocenters. The predicted octanol–water partition coefficient (Wildman–Crippen LogP) is 3.32. The summed E-state index contributed by atoms with van der Waals surface area (Å²) < 4.78 is 0. The van der Waals surface area contributed by atoms with Gasteiger partial charge in [0.1, 0.15) is 0 Å². The highest BCUT2D eigenvalue weighted by Crippen LogP contribution is 2.40. The Hall–Kier alpha value is -0.490. The van der Waals surface area contributed by atoms with E-state index in [1.165, 1.54) is 31.2 Å². The first-order valence-corrected chi connectivity index (χ1v) is 7.45. The molecule has 0 unspecified atom stereocenters. The first-order valence-electron chi connectivity index (χ1n) is 7.07. The van der Waals surface area contributed by atoms with Crippen LogP contribution in [0.1, 0.15) is 31.2 Å². The van der Waals surface area contributed by atoms with E-state index < -0.39 is 0 Å². The van der Waals surface area contributed by atoms with Crippen LogP contribution in [-0.4, -0.2) is 25.6 Å². The van der Waals surface area contributed by atoms with Gasteiger partial charge in [0.05, 0.1) is 6.54 Å². The molecule has 2 aliphatic rings. The van der Waals surface area contributed by atoms with Crippen molar-refractivity contribution >= 4 is 41.5 Å². The quantitative estimate of drug-likeness (QED) is 0.757. The van der Waals surface area contributed by atoms with Gasteiger partial charge in [0.2, 0.25) is 0 Å². The highest BCUT2D eigenvalue weighted by atomic mass is 127. The van der Waals surface area contributed by atoms with Crippen LogP contribution in [0, 0.1) is 0 Å². The summed E-state index contributed by atoms with van der Waals surface area (Å²) in [5.41, 5.74) is 1.65. The fraction of sp³-hybridized carbons (Fsp3) is 0.533. The summed E-state index contributed by atoms with van der Waals surface area (Å²) in [4.78, 5) is 4.41.